The number of halogens is 1. The Hall–Kier alpha value is -1.48. The molecule has 0 aliphatic carbocycles. The van der Waals surface area contributed by atoms with E-state index in [1.54, 1.807) is 0 Å². The van der Waals surface area contributed by atoms with Gasteiger partial charge in [-0.25, -0.2) is 4.98 Å². The van der Waals surface area contributed by atoms with Crippen LogP contribution >= 0.6 is 15.9 Å². The fourth-order valence-corrected chi connectivity index (χ4v) is 2.74. The van der Waals surface area contributed by atoms with E-state index in [0.29, 0.717) is 0 Å². The quantitative estimate of drug-likeness (QED) is 0.730. The second kappa shape index (κ2) is 4.57. The number of aromatic nitrogens is 1. The van der Waals surface area contributed by atoms with E-state index in [1.807, 2.05) is 12.3 Å². The normalized spacial score (nSPS) is 16.7. The Bertz CT molecular complexity index is 642. The zero-order valence-corrected chi connectivity index (χ0v) is 12.6. The van der Waals surface area contributed by atoms with Crippen LogP contribution in [0.25, 0.3) is 0 Å². The van der Waals surface area contributed by atoms with Gasteiger partial charge in [0.15, 0.2) is 0 Å². The number of nitrogens with zero attached hydrogens (tertiary/aromatic N) is 2. The summed E-state index contributed by atoms with van der Waals surface area (Å²) in [6.45, 7) is 4.35. The molecular formula is C16H15BrN2. The fourth-order valence-electron chi connectivity index (χ4n) is 2.51. The van der Waals surface area contributed by atoms with Gasteiger partial charge in [0, 0.05) is 17.3 Å². The van der Waals surface area contributed by atoms with E-state index in [4.69, 9.17) is 4.99 Å². The number of hydrogen-bond acceptors (Lipinski definition) is 2. The van der Waals surface area contributed by atoms with Crippen molar-refractivity contribution >= 4 is 21.6 Å². The lowest BCUT2D eigenvalue weighted by Gasteiger charge is -2.29. The van der Waals surface area contributed by atoms with Gasteiger partial charge in [-0.1, -0.05) is 24.3 Å². The number of aliphatic imine (C=N–C) groups is 1. The highest BCUT2D eigenvalue weighted by atomic mass is 79.9. The van der Waals surface area contributed by atoms with E-state index in [2.05, 4.69) is 65.1 Å². The molecule has 1 aliphatic rings. The number of rotatable bonds is 1. The molecule has 0 atom stereocenters. The SMILES string of the molecule is CC1(C)Cc2ccccc2C(c2ccc(Br)nc2)=N1. The van der Waals surface area contributed by atoms with Gasteiger partial charge in [0.05, 0.1) is 11.3 Å². The molecule has 3 heteroatoms. The van der Waals surface area contributed by atoms with Crippen LogP contribution in [0.4, 0.5) is 0 Å². The predicted octanol–water partition coefficient (Wildman–Crippen LogP) is 4.02. The van der Waals surface area contributed by atoms with Gasteiger partial charge in [0.2, 0.25) is 0 Å². The van der Waals surface area contributed by atoms with Crippen LogP contribution in [0.15, 0.2) is 52.2 Å². The number of pyridine rings is 1. The van der Waals surface area contributed by atoms with E-state index in [1.165, 1.54) is 11.1 Å². The largest absolute Gasteiger partial charge is 0.278 e. The number of benzene rings is 1. The van der Waals surface area contributed by atoms with Gasteiger partial charge in [-0.2, -0.15) is 0 Å². The van der Waals surface area contributed by atoms with Crippen molar-refractivity contribution in [2.45, 2.75) is 25.8 Å². The third-order valence-corrected chi connectivity index (χ3v) is 3.78. The van der Waals surface area contributed by atoms with Gasteiger partial charge in [-0.05, 0) is 53.9 Å². The third kappa shape index (κ3) is 2.47. The van der Waals surface area contributed by atoms with Crippen LogP contribution in [-0.2, 0) is 6.42 Å². The highest BCUT2D eigenvalue weighted by molar-refractivity contribution is 9.10. The number of hydrogen-bond donors (Lipinski definition) is 0. The van der Waals surface area contributed by atoms with Crippen molar-refractivity contribution in [2.75, 3.05) is 0 Å². The summed E-state index contributed by atoms with van der Waals surface area (Å²) in [5, 5.41) is 0. The smallest absolute Gasteiger partial charge is 0.106 e. The second-order valence-corrected chi connectivity index (χ2v) is 6.29. The molecule has 0 bridgehead atoms. The Morgan fingerprint density at radius 2 is 1.89 bits per heavy atom. The van der Waals surface area contributed by atoms with Crippen molar-refractivity contribution < 1.29 is 0 Å². The molecule has 0 spiro atoms. The molecule has 0 amide bonds. The first-order chi connectivity index (χ1) is 9.05. The topological polar surface area (TPSA) is 25.2 Å². The van der Waals surface area contributed by atoms with Crippen molar-refractivity contribution in [3.63, 3.8) is 0 Å². The van der Waals surface area contributed by atoms with Gasteiger partial charge in [-0.15, -0.1) is 0 Å². The Morgan fingerprint density at radius 3 is 2.63 bits per heavy atom. The van der Waals surface area contributed by atoms with Crippen LogP contribution in [0.5, 0.6) is 0 Å². The third-order valence-electron chi connectivity index (χ3n) is 3.31. The van der Waals surface area contributed by atoms with Gasteiger partial charge >= 0.3 is 0 Å². The minimum Gasteiger partial charge on any atom is -0.278 e. The van der Waals surface area contributed by atoms with E-state index in [0.717, 1.165) is 22.3 Å². The Kier molecular flexibility index (Phi) is 3.02. The molecule has 0 saturated carbocycles. The van der Waals surface area contributed by atoms with E-state index >= 15 is 0 Å². The van der Waals surface area contributed by atoms with Crippen LogP contribution < -0.4 is 0 Å². The monoisotopic (exact) mass is 314 g/mol. The maximum atomic E-state index is 4.92. The Balaban J connectivity index is 2.17. The molecule has 0 radical (unpaired) electrons. The van der Waals surface area contributed by atoms with E-state index < -0.39 is 0 Å². The molecule has 1 aromatic carbocycles. The maximum absolute atomic E-state index is 4.92. The first-order valence-electron chi connectivity index (χ1n) is 6.35. The summed E-state index contributed by atoms with van der Waals surface area (Å²) in [4.78, 5) is 9.23. The first kappa shape index (κ1) is 12.5. The lowest BCUT2D eigenvalue weighted by Crippen LogP contribution is -2.29. The molecular weight excluding hydrogens is 300 g/mol. The van der Waals surface area contributed by atoms with E-state index in [-0.39, 0.29) is 5.54 Å². The van der Waals surface area contributed by atoms with Crippen molar-refractivity contribution in [3.8, 4) is 0 Å². The van der Waals surface area contributed by atoms with Crippen LogP contribution in [0.2, 0.25) is 0 Å². The van der Waals surface area contributed by atoms with Crippen LogP contribution in [0.1, 0.15) is 30.5 Å². The molecule has 0 N–H and O–H groups in total. The van der Waals surface area contributed by atoms with Crippen LogP contribution in [0, 0.1) is 0 Å². The molecule has 1 aromatic heterocycles. The second-order valence-electron chi connectivity index (χ2n) is 5.48. The molecule has 0 fully saturated rings. The molecule has 0 unspecified atom stereocenters. The standard InChI is InChI=1S/C16H15BrN2/c1-16(2)9-11-5-3-4-6-13(11)15(19-16)12-7-8-14(17)18-10-12/h3-8,10H,9H2,1-2H3. The van der Waals surface area contributed by atoms with E-state index in [9.17, 15) is 0 Å². The number of fused-ring (bicyclic) bond motifs is 1. The summed E-state index contributed by atoms with van der Waals surface area (Å²) < 4.78 is 0.847. The summed E-state index contributed by atoms with van der Waals surface area (Å²) in [7, 11) is 0. The first-order valence-corrected chi connectivity index (χ1v) is 7.14. The molecule has 96 valence electrons. The lowest BCUT2D eigenvalue weighted by atomic mass is 9.85. The Labute approximate surface area is 121 Å². The summed E-state index contributed by atoms with van der Waals surface area (Å²) in [6, 6.07) is 12.5. The van der Waals surface area contributed by atoms with Gasteiger partial charge < -0.3 is 0 Å². The molecule has 2 nitrogen and oxygen atoms in total. The van der Waals surface area contributed by atoms with Gasteiger partial charge in [-0.3, -0.25) is 4.99 Å². The van der Waals surface area contributed by atoms with Crippen LogP contribution in [0.3, 0.4) is 0 Å². The van der Waals surface area contributed by atoms with Crippen molar-refractivity contribution in [1.82, 2.24) is 4.98 Å². The Morgan fingerprint density at radius 1 is 1.11 bits per heavy atom. The molecule has 2 aromatic rings. The predicted molar refractivity (Wildman–Crippen MR) is 81.8 cm³/mol. The highest BCUT2D eigenvalue weighted by Crippen LogP contribution is 2.29. The van der Waals surface area contributed by atoms with Crippen molar-refractivity contribution in [2.24, 2.45) is 4.99 Å². The zero-order chi connectivity index (χ0) is 13.5. The maximum Gasteiger partial charge on any atom is 0.106 e. The molecule has 3 rings (SSSR count). The molecule has 19 heavy (non-hydrogen) atoms. The summed E-state index contributed by atoms with van der Waals surface area (Å²) >= 11 is 3.37. The minimum atomic E-state index is -0.0588. The summed E-state index contributed by atoms with van der Waals surface area (Å²) in [5.74, 6) is 0. The zero-order valence-electron chi connectivity index (χ0n) is 11.0. The highest BCUT2D eigenvalue weighted by Gasteiger charge is 2.27. The average molecular weight is 315 g/mol. The average Bonchev–Trinajstić information content (AvgIpc) is 2.37. The molecule has 2 heterocycles. The summed E-state index contributed by atoms with van der Waals surface area (Å²) in [6.07, 6.45) is 2.86. The molecule has 0 saturated heterocycles. The van der Waals surface area contributed by atoms with Crippen molar-refractivity contribution in [1.29, 1.82) is 0 Å². The fraction of sp³-hybridized carbons (Fsp3) is 0.250. The minimum absolute atomic E-state index is 0.0588. The summed E-state index contributed by atoms with van der Waals surface area (Å²) in [5.41, 5.74) is 4.65. The molecule has 1 aliphatic heterocycles. The lowest BCUT2D eigenvalue weighted by molar-refractivity contribution is 0.513. The van der Waals surface area contributed by atoms with Gasteiger partial charge in [0.1, 0.15) is 4.60 Å². The van der Waals surface area contributed by atoms with Crippen LogP contribution in [-0.4, -0.2) is 16.2 Å². The van der Waals surface area contributed by atoms with Gasteiger partial charge in [0.25, 0.3) is 0 Å². The van der Waals surface area contributed by atoms with Crippen molar-refractivity contribution in [3.05, 3.63) is 63.9 Å².